The van der Waals surface area contributed by atoms with Gasteiger partial charge in [0, 0.05) is 6.20 Å². The maximum Gasteiger partial charge on any atom is 0.323 e. The third kappa shape index (κ3) is 4.02. The van der Waals surface area contributed by atoms with Crippen molar-refractivity contribution in [2.75, 3.05) is 5.32 Å². The third-order valence-corrected chi connectivity index (χ3v) is 3.38. The minimum absolute atomic E-state index is 0.0699. The summed E-state index contributed by atoms with van der Waals surface area (Å²) >= 11 is 0. The second-order valence-electron chi connectivity index (χ2n) is 5.02. The fraction of sp³-hybridized carbons (Fsp3) is 0.400. The van der Waals surface area contributed by atoms with Crippen LogP contribution in [-0.2, 0) is 0 Å². The van der Waals surface area contributed by atoms with E-state index in [2.05, 4.69) is 10.6 Å². The van der Waals surface area contributed by atoms with Crippen LogP contribution in [0.15, 0.2) is 30.5 Å². The molecule has 1 aromatic carbocycles. The summed E-state index contributed by atoms with van der Waals surface area (Å²) in [4.78, 5) is 11.7. The van der Waals surface area contributed by atoms with E-state index in [1.165, 1.54) is 25.7 Å². The first kappa shape index (κ1) is 13.5. The summed E-state index contributed by atoms with van der Waals surface area (Å²) in [6.07, 6.45) is 8.70. The molecule has 0 radical (unpaired) electrons. The molecular formula is C15H20N2O2. The first-order valence-electron chi connectivity index (χ1n) is 6.69. The lowest BCUT2D eigenvalue weighted by Gasteiger charge is -2.08. The van der Waals surface area contributed by atoms with Crippen molar-refractivity contribution in [1.29, 1.82) is 0 Å². The molecule has 1 saturated carbocycles. The number of amides is 2. The van der Waals surface area contributed by atoms with Crippen LogP contribution >= 0.6 is 0 Å². The molecule has 0 heterocycles. The van der Waals surface area contributed by atoms with Gasteiger partial charge in [-0.3, -0.25) is 0 Å². The Morgan fingerprint density at radius 1 is 1.37 bits per heavy atom. The van der Waals surface area contributed by atoms with Crippen LogP contribution in [-0.4, -0.2) is 11.1 Å². The van der Waals surface area contributed by atoms with E-state index < -0.39 is 0 Å². The molecule has 2 rings (SSSR count). The average Bonchev–Trinajstić information content (AvgIpc) is 2.87. The second-order valence-corrected chi connectivity index (χ2v) is 5.02. The van der Waals surface area contributed by atoms with E-state index in [1.54, 1.807) is 24.4 Å². The maximum absolute atomic E-state index is 11.7. The lowest BCUT2D eigenvalue weighted by atomic mass is 10.1. The minimum Gasteiger partial charge on any atom is -0.506 e. The largest absolute Gasteiger partial charge is 0.506 e. The Balaban J connectivity index is 1.85. The van der Waals surface area contributed by atoms with E-state index in [1.807, 2.05) is 13.0 Å². The van der Waals surface area contributed by atoms with Crippen LogP contribution < -0.4 is 10.6 Å². The molecule has 1 fully saturated rings. The highest BCUT2D eigenvalue weighted by atomic mass is 16.3. The molecule has 0 saturated heterocycles. The van der Waals surface area contributed by atoms with Crippen molar-refractivity contribution in [3.63, 3.8) is 0 Å². The van der Waals surface area contributed by atoms with E-state index in [0.29, 0.717) is 11.6 Å². The zero-order valence-electron chi connectivity index (χ0n) is 11.1. The molecule has 1 aliphatic carbocycles. The van der Waals surface area contributed by atoms with Crippen molar-refractivity contribution < 1.29 is 9.90 Å². The number of anilines is 1. The van der Waals surface area contributed by atoms with Gasteiger partial charge in [-0.15, -0.1) is 0 Å². The Hall–Kier alpha value is -1.97. The van der Waals surface area contributed by atoms with Crippen molar-refractivity contribution in [3.05, 3.63) is 36.0 Å². The van der Waals surface area contributed by atoms with Crippen LogP contribution in [0.2, 0.25) is 0 Å². The third-order valence-electron chi connectivity index (χ3n) is 3.38. The van der Waals surface area contributed by atoms with E-state index in [4.69, 9.17) is 0 Å². The number of aryl methyl sites for hydroxylation is 1. The number of aromatic hydroxyl groups is 1. The van der Waals surface area contributed by atoms with Gasteiger partial charge in [-0.05, 0) is 43.4 Å². The van der Waals surface area contributed by atoms with Crippen molar-refractivity contribution >= 4 is 11.7 Å². The molecule has 0 unspecified atom stereocenters. The predicted octanol–water partition coefficient (Wildman–Crippen LogP) is 3.53. The zero-order chi connectivity index (χ0) is 13.7. The van der Waals surface area contributed by atoms with Gasteiger partial charge in [-0.25, -0.2) is 4.79 Å². The van der Waals surface area contributed by atoms with Crippen molar-refractivity contribution in [3.8, 4) is 5.75 Å². The van der Waals surface area contributed by atoms with Crippen LogP contribution in [0.5, 0.6) is 5.75 Å². The van der Waals surface area contributed by atoms with Gasteiger partial charge in [0.25, 0.3) is 0 Å². The topological polar surface area (TPSA) is 61.4 Å². The number of phenolic OH excluding ortho intramolecular Hbond substituents is 1. The Bertz CT molecular complexity index is 477. The highest BCUT2D eigenvalue weighted by Gasteiger charge is 2.11. The molecule has 4 nitrogen and oxygen atoms in total. The molecule has 1 aromatic rings. The normalized spacial score (nSPS) is 15.8. The van der Waals surface area contributed by atoms with E-state index >= 15 is 0 Å². The van der Waals surface area contributed by atoms with Crippen molar-refractivity contribution in [2.45, 2.75) is 32.6 Å². The monoisotopic (exact) mass is 260 g/mol. The molecular weight excluding hydrogens is 240 g/mol. The average molecular weight is 260 g/mol. The van der Waals surface area contributed by atoms with Crippen LogP contribution in [0.25, 0.3) is 0 Å². The Morgan fingerprint density at radius 3 is 2.84 bits per heavy atom. The van der Waals surface area contributed by atoms with Crippen LogP contribution in [0.4, 0.5) is 10.5 Å². The highest BCUT2D eigenvalue weighted by molar-refractivity contribution is 5.91. The highest BCUT2D eigenvalue weighted by Crippen LogP contribution is 2.25. The van der Waals surface area contributed by atoms with Crippen LogP contribution in [0, 0.1) is 12.8 Å². The molecule has 0 atom stereocenters. The fourth-order valence-corrected chi connectivity index (χ4v) is 2.32. The Labute approximate surface area is 113 Å². The van der Waals surface area contributed by atoms with Gasteiger partial charge in [0.2, 0.25) is 0 Å². The van der Waals surface area contributed by atoms with Gasteiger partial charge in [-0.2, -0.15) is 0 Å². The first-order chi connectivity index (χ1) is 9.15. The number of phenols is 1. The number of carbonyl (C=O) groups is 1. The summed E-state index contributed by atoms with van der Waals surface area (Å²) in [5.74, 6) is 0.660. The molecule has 19 heavy (non-hydrogen) atoms. The molecule has 3 N–H and O–H groups in total. The number of hydrogen-bond donors (Lipinski definition) is 3. The number of carbonyl (C=O) groups excluding carboxylic acids is 1. The number of rotatable bonds is 3. The van der Waals surface area contributed by atoms with Crippen molar-refractivity contribution in [1.82, 2.24) is 5.32 Å². The van der Waals surface area contributed by atoms with Gasteiger partial charge >= 0.3 is 6.03 Å². The smallest absolute Gasteiger partial charge is 0.323 e. The predicted molar refractivity (Wildman–Crippen MR) is 76.1 cm³/mol. The van der Waals surface area contributed by atoms with E-state index in [-0.39, 0.29) is 11.8 Å². The summed E-state index contributed by atoms with van der Waals surface area (Å²) in [7, 11) is 0. The molecule has 0 aliphatic heterocycles. The van der Waals surface area contributed by atoms with Crippen LogP contribution in [0.1, 0.15) is 31.2 Å². The number of urea groups is 1. The summed E-state index contributed by atoms with van der Waals surface area (Å²) in [5, 5.41) is 14.9. The molecule has 4 heteroatoms. The molecule has 0 bridgehead atoms. The van der Waals surface area contributed by atoms with Crippen molar-refractivity contribution in [2.24, 2.45) is 5.92 Å². The molecule has 0 spiro atoms. The number of hydrogen-bond acceptors (Lipinski definition) is 2. The standard InChI is InChI=1S/C15H20N2O2/c1-11-6-7-14(18)13(10-11)17-15(19)16-9-8-12-4-2-3-5-12/h6-10,12,18H,2-5H2,1H3,(H2,16,17,19)/b9-8+. The minimum atomic E-state index is -0.338. The summed E-state index contributed by atoms with van der Waals surface area (Å²) in [5.41, 5.74) is 1.40. The Kier molecular flexibility index (Phi) is 4.44. The number of nitrogens with one attached hydrogen (secondary N) is 2. The molecule has 0 aromatic heterocycles. The van der Waals surface area contributed by atoms with Gasteiger partial charge in [0.1, 0.15) is 5.75 Å². The fourth-order valence-electron chi connectivity index (χ4n) is 2.32. The SMILES string of the molecule is Cc1ccc(O)c(NC(=O)N/C=C/C2CCCC2)c1. The lowest BCUT2D eigenvalue weighted by Crippen LogP contribution is -2.24. The number of benzene rings is 1. The lowest BCUT2D eigenvalue weighted by molar-refractivity contribution is 0.255. The summed E-state index contributed by atoms with van der Waals surface area (Å²) in [6, 6.07) is 4.75. The van der Waals surface area contributed by atoms with E-state index in [0.717, 1.165) is 5.56 Å². The quantitative estimate of drug-likeness (QED) is 0.728. The second kappa shape index (κ2) is 6.27. The van der Waals surface area contributed by atoms with Gasteiger partial charge in [0.05, 0.1) is 5.69 Å². The zero-order valence-corrected chi connectivity index (χ0v) is 11.1. The van der Waals surface area contributed by atoms with E-state index in [9.17, 15) is 9.90 Å². The molecule has 2 amide bonds. The van der Waals surface area contributed by atoms with Gasteiger partial charge in [-0.1, -0.05) is 25.0 Å². The van der Waals surface area contributed by atoms with Gasteiger partial charge in [0.15, 0.2) is 0 Å². The Morgan fingerprint density at radius 2 is 2.11 bits per heavy atom. The molecule has 1 aliphatic rings. The van der Waals surface area contributed by atoms with Crippen LogP contribution in [0.3, 0.4) is 0 Å². The van der Waals surface area contributed by atoms with Gasteiger partial charge < -0.3 is 15.7 Å². The first-order valence-corrected chi connectivity index (χ1v) is 6.69. The number of allylic oxidation sites excluding steroid dienone is 1. The summed E-state index contributed by atoms with van der Waals surface area (Å²) < 4.78 is 0. The molecule has 102 valence electrons. The maximum atomic E-state index is 11.7. The summed E-state index contributed by atoms with van der Waals surface area (Å²) in [6.45, 7) is 1.91.